The van der Waals surface area contributed by atoms with Gasteiger partial charge in [-0.15, -0.1) is 0 Å². The number of anilines is 2. The minimum absolute atomic E-state index is 0.00429. The standard InChI is InChI=1S/C42H33BrN4O6/c43-30-14-15-38(53-25-26-8-7-13-31(20-26)47(51)52)29(21-30)22-37-40(48)44-42(50)46(41(37)49)32-23-35-33(27-9-3-1-4-10-27)16-18-45-19-17-34(36(24-32)39(35)45)28-11-5-2-6-12-28/h1-15,20-24,33-34H,16-19,25H2,(H,44,48,50)/b37-22+/t33-,34-/m1/s1. The second kappa shape index (κ2) is 14.2. The second-order valence-electron chi connectivity index (χ2n) is 13.3. The number of halogens is 1. The molecule has 1 saturated heterocycles. The van der Waals surface area contributed by atoms with Gasteiger partial charge in [0.15, 0.2) is 0 Å². The molecule has 5 aromatic rings. The summed E-state index contributed by atoms with van der Waals surface area (Å²) in [4.78, 5) is 55.8. The van der Waals surface area contributed by atoms with Gasteiger partial charge in [-0.25, -0.2) is 9.69 Å². The number of amides is 4. The highest BCUT2D eigenvalue weighted by Gasteiger charge is 2.40. The molecule has 10 nitrogen and oxygen atoms in total. The van der Waals surface area contributed by atoms with Crippen molar-refractivity contribution in [2.45, 2.75) is 31.3 Å². The van der Waals surface area contributed by atoms with Crippen LogP contribution < -0.4 is 19.9 Å². The first-order valence-electron chi connectivity index (χ1n) is 17.3. The molecule has 0 bridgehead atoms. The highest BCUT2D eigenvalue weighted by Crippen LogP contribution is 2.50. The maximum Gasteiger partial charge on any atom is 0.335 e. The number of nitrogens with one attached hydrogen (secondary N) is 1. The fourth-order valence-electron chi connectivity index (χ4n) is 7.70. The van der Waals surface area contributed by atoms with Crippen molar-refractivity contribution in [2.75, 3.05) is 22.9 Å². The lowest BCUT2D eigenvalue weighted by atomic mass is 9.76. The maximum atomic E-state index is 14.4. The van der Waals surface area contributed by atoms with Crippen LogP contribution in [0.15, 0.2) is 125 Å². The van der Waals surface area contributed by atoms with Gasteiger partial charge in [0.1, 0.15) is 17.9 Å². The molecule has 0 aliphatic carbocycles. The summed E-state index contributed by atoms with van der Waals surface area (Å²) >= 11 is 3.47. The summed E-state index contributed by atoms with van der Waals surface area (Å²) in [5.74, 6) is -1.15. The monoisotopic (exact) mass is 768 g/mol. The van der Waals surface area contributed by atoms with Crippen LogP contribution in [0, 0.1) is 10.1 Å². The number of imide groups is 2. The zero-order chi connectivity index (χ0) is 36.6. The topological polar surface area (TPSA) is 122 Å². The van der Waals surface area contributed by atoms with Gasteiger partial charge in [-0.1, -0.05) is 88.7 Å². The predicted molar refractivity (Wildman–Crippen MR) is 205 cm³/mol. The second-order valence-corrected chi connectivity index (χ2v) is 14.2. The first-order chi connectivity index (χ1) is 25.7. The minimum Gasteiger partial charge on any atom is -0.488 e. The number of nitrogens with zero attached hydrogens (tertiary/aromatic N) is 3. The summed E-state index contributed by atoms with van der Waals surface area (Å²) in [5.41, 5.74) is 6.61. The number of barbiturate groups is 1. The number of carbonyl (C=O) groups excluding carboxylic acids is 3. The van der Waals surface area contributed by atoms with E-state index in [0.717, 1.165) is 58.8 Å². The van der Waals surface area contributed by atoms with Crippen molar-refractivity contribution >= 4 is 56.9 Å². The fraction of sp³-hybridized carbons (Fsp3) is 0.167. The van der Waals surface area contributed by atoms with E-state index >= 15 is 0 Å². The van der Waals surface area contributed by atoms with Crippen molar-refractivity contribution in [3.63, 3.8) is 0 Å². The smallest absolute Gasteiger partial charge is 0.335 e. The van der Waals surface area contributed by atoms with Gasteiger partial charge in [-0.2, -0.15) is 0 Å². The molecule has 1 N–H and O–H groups in total. The molecule has 3 heterocycles. The number of hydrogen-bond donors (Lipinski definition) is 1. The molecule has 0 aromatic heterocycles. The Morgan fingerprint density at radius 3 is 2.08 bits per heavy atom. The van der Waals surface area contributed by atoms with Gasteiger partial charge in [0.2, 0.25) is 0 Å². The molecule has 2 atom stereocenters. The zero-order valence-electron chi connectivity index (χ0n) is 28.4. The first-order valence-corrected chi connectivity index (χ1v) is 18.1. The Labute approximate surface area is 314 Å². The average Bonchev–Trinajstić information content (AvgIpc) is 3.17. The van der Waals surface area contributed by atoms with Crippen molar-refractivity contribution < 1.29 is 24.0 Å². The van der Waals surface area contributed by atoms with Crippen molar-refractivity contribution in [1.82, 2.24) is 5.32 Å². The van der Waals surface area contributed by atoms with Gasteiger partial charge < -0.3 is 9.64 Å². The summed E-state index contributed by atoms with van der Waals surface area (Å²) < 4.78 is 6.73. The molecule has 5 aromatic carbocycles. The molecule has 3 aliphatic heterocycles. The Kier molecular flexibility index (Phi) is 9.09. The lowest BCUT2D eigenvalue weighted by molar-refractivity contribution is -0.384. The zero-order valence-corrected chi connectivity index (χ0v) is 30.0. The molecule has 3 aliphatic rings. The van der Waals surface area contributed by atoms with Crippen LogP contribution in [0.1, 0.15) is 58.1 Å². The maximum absolute atomic E-state index is 14.4. The molecule has 264 valence electrons. The van der Waals surface area contributed by atoms with Crippen LogP contribution in [0.25, 0.3) is 6.08 Å². The Morgan fingerprint density at radius 2 is 1.45 bits per heavy atom. The quantitative estimate of drug-likeness (QED) is 0.0727. The molecule has 4 amide bonds. The van der Waals surface area contributed by atoms with Crippen molar-refractivity contribution in [3.05, 3.63) is 169 Å². The van der Waals surface area contributed by atoms with Crippen LogP contribution in [0.5, 0.6) is 5.75 Å². The van der Waals surface area contributed by atoms with Gasteiger partial charge in [-0.05, 0) is 77.1 Å². The number of non-ortho nitro benzene ring substituents is 1. The molecule has 1 fully saturated rings. The van der Waals surface area contributed by atoms with Gasteiger partial charge in [0.25, 0.3) is 17.5 Å². The van der Waals surface area contributed by atoms with Crippen LogP contribution in [0.3, 0.4) is 0 Å². The SMILES string of the molecule is O=C1NC(=O)N(c2cc3c4c(c2)[C@@H](c2ccccc2)CCN4CC[C@@H]3c2ccccc2)C(=O)/C1=C/c1cc(Br)ccc1OCc1cccc([N+](=O)[O-])c1. The van der Waals surface area contributed by atoms with Crippen LogP contribution in [0.4, 0.5) is 21.9 Å². The number of hydrogen-bond acceptors (Lipinski definition) is 7. The molecular formula is C42H33BrN4O6. The third-order valence-electron chi connectivity index (χ3n) is 10.1. The van der Waals surface area contributed by atoms with Gasteiger partial charge in [0.05, 0.1) is 10.6 Å². The highest BCUT2D eigenvalue weighted by molar-refractivity contribution is 9.10. The molecule has 8 rings (SSSR count). The fourth-order valence-corrected chi connectivity index (χ4v) is 8.08. The minimum atomic E-state index is -0.823. The third kappa shape index (κ3) is 6.60. The van der Waals surface area contributed by atoms with Crippen molar-refractivity contribution in [3.8, 4) is 5.75 Å². The summed E-state index contributed by atoms with van der Waals surface area (Å²) in [5, 5.41) is 13.7. The number of ether oxygens (including phenoxy) is 1. The lowest BCUT2D eigenvalue weighted by Gasteiger charge is -2.44. The summed E-state index contributed by atoms with van der Waals surface area (Å²) in [6, 6.07) is 34.8. The van der Waals surface area contributed by atoms with E-state index < -0.39 is 22.8 Å². The van der Waals surface area contributed by atoms with Crippen LogP contribution in [-0.4, -0.2) is 35.9 Å². The Balaban J connectivity index is 1.20. The van der Waals surface area contributed by atoms with E-state index in [-0.39, 0.29) is 29.7 Å². The molecule has 0 unspecified atom stereocenters. The van der Waals surface area contributed by atoms with Gasteiger partial charge in [0, 0.05) is 52.8 Å². The molecular weight excluding hydrogens is 736 g/mol. The molecule has 0 spiro atoms. The molecule has 0 radical (unpaired) electrons. The predicted octanol–water partition coefficient (Wildman–Crippen LogP) is 8.48. The van der Waals surface area contributed by atoms with E-state index in [0.29, 0.717) is 27.0 Å². The van der Waals surface area contributed by atoms with E-state index in [2.05, 4.69) is 50.4 Å². The van der Waals surface area contributed by atoms with E-state index in [1.165, 1.54) is 18.2 Å². The number of urea groups is 1. The van der Waals surface area contributed by atoms with E-state index in [4.69, 9.17) is 4.74 Å². The number of benzene rings is 5. The summed E-state index contributed by atoms with van der Waals surface area (Å²) in [6.45, 7) is 1.79. The van der Waals surface area contributed by atoms with Crippen LogP contribution in [0.2, 0.25) is 0 Å². The Bertz CT molecular complexity index is 2240. The average molecular weight is 770 g/mol. The van der Waals surface area contributed by atoms with Gasteiger partial charge in [-0.3, -0.25) is 25.0 Å². The van der Waals surface area contributed by atoms with E-state index in [1.807, 2.05) is 48.5 Å². The number of carbonyl (C=O) groups is 3. The van der Waals surface area contributed by atoms with Crippen molar-refractivity contribution in [1.29, 1.82) is 0 Å². The third-order valence-corrected chi connectivity index (χ3v) is 10.6. The Morgan fingerprint density at radius 1 is 0.811 bits per heavy atom. The van der Waals surface area contributed by atoms with Crippen molar-refractivity contribution in [2.24, 2.45) is 0 Å². The van der Waals surface area contributed by atoms with Crippen LogP contribution in [-0.2, 0) is 16.2 Å². The van der Waals surface area contributed by atoms with E-state index in [9.17, 15) is 24.5 Å². The molecule has 0 saturated carbocycles. The molecule has 53 heavy (non-hydrogen) atoms. The summed E-state index contributed by atoms with van der Waals surface area (Å²) in [7, 11) is 0. The Hall–Kier alpha value is -6.07. The largest absolute Gasteiger partial charge is 0.488 e. The number of nitro benzene ring substituents is 1. The van der Waals surface area contributed by atoms with Crippen LogP contribution >= 0.6 is 15.9 Å². The van der Waals surface area contributed by atoms with E-state index in [1.54, 1.807) is 30.3 Å². The highest BCUT2D eigenvalue weighted by atomic mass is 79.9. The summed E-state index contributed by atoms with van der Waals surface area (Å²) in [6.07, 6.45) is 3.16. The first kappa shape index (κ1) is 34.0. The lowest BCUT2D eigenvalue weighted by Crippen LogP contribution is -2.54. The molecule has 11 heteroatoms. The number of nitro groups is 1. The van der Waals surface area contributed by atoms with Gasteiger partial charge >= 0.3 is 6.03 Å². The normalized spacial score (nSPS) is 18.8. The number of rotatable bonds is 8.